The molecule has 0 aliphatic rings. The maximum Gasteiger partial charge on any atom is 0.241 e. The van der Waals surface area contributed by atoms with Gasteiger partial charge in [-0.25, -0.2) is 13.6 Å². The molecule has 0 saturated carbocycles. The number of aryl methyl sites for hydroxylation is 2. The van der Waals surface area contributed by atoms with Crippen LogP contribution in [0.5, 0.6) is 5.75 Å². The number of nitrogens with two attached hydrogens (primary N) is 1. The second kappa shape index (κ2) is 5.60. The summed E-state index contributed by atoms with van der Waals surface area (Å²) < 4.78 is 28.6. The zero-order valence-corrected chi connectivity index (χ0v) is 12.1. The van der Waals surface area contributed by atoms with Crippen molar-refractivity contribution in [1.29, 1.82) is 0 Å². The first-order valence-electron chi connectivity index (χ1n) is 6.05. The first kappa shape index (κ1) is 14.5. The Bertz CT molecular complexity index is 727. The molecule has 2 aromatic rings. The van der Waals surface area contributed by atoms with Gasteiger partial charge in [-0.05, 0) is 43.7 Å². The molecule has 1 aromatic heterocycles. The van der Waals surface area contributed by atoms with E-state index in [0.29, 0.717) is 0 Å². The van der Waals surface area contributed by atoms with Gasteiger partial charge in [-0.1, -0.05) is 12.1 Å². The minimum absolute atomic E-state index is 0.00912. The molecule has 1 heterocycles. The predicted octanol–water partition coefficient (Wildman–Crippen LogP) is 1.92. The van der Waals surface area contributed by atoms with E-state index >= 15 is 0 Å². The maximum absolute atomic E-state index is 11.6. The highest BCUT2D eigenvalue weighted by molar-refractivity contribution is 7.89. The van der Waals surface area contributed by atoms with Crippen molar-refractivity contribution in [3.63, 3.8) is 0 Å². The summed E-state index contributed by atoms with van der Waals surface area (Å²) in [5.41, 5.74) is 2.41. The Kier molecular flexibility index (Phi) is 4.06. The SMILES string of the molecule is Cc1ccc(OCc2cccc(C)n2)c(S(N)(=O)=O)c1. The van der Waals surface area contributed by atoms with Gasteiger partial charge in [0.1, 0.15) is 17.3 Å². The van der Waals surface area contributed by atoms with Gasteiger partial charge in [-0.15, -0.1) is 0 Å². The summed E-state index contributed by atoms with van der Waals surface area (Å²) in [7, 11) is -3.81. The molecule has 0 unspecified atom stereocenters. The molecule has 1 aromatic carbocycles. The molecule has 0 atom stereocenters. The van der Waals surface area contributed by atoms with Crippen molar-refractivity contribution in [2.24, 2.45) is 5.14 Å². The van der Waals surface area contributed by atoms with E-state index < -0.39 is 10.0 Å². The molecule has 2 rings (SSSR count). The van der Waals surface area contributed by atoms with Gasteiger partial charge in [0, 0.05) is 5.69 Å². The Morgan fingerprint density at radius 3 is 2.60 bits per heavy atom. The molecule has 0 saturated heterocycles. The van der Waals surface area contributed by atoms with Crippen LogP contribution < -0.4 is 9.88 Å². The van der Waals surface area contributed by atoms with Crippen molar-refractivity contribution in [3.05, 3.63) is 53.3 Å². The van der Waals surface area contributed by atoms with Crippen molar-refractivity contribution >= 4 is 10.0 Å². The number of ether oxygens (including phenoxy) is 1. The predicted molar refractivity (Wildman–Crippen MR) is 75.9 cm³/mol. The largest absolute Gasteiger partial charge is 0.486 e. The molecular weight excluding hydrogens is 276 g/mol. The van der Waals surface area contributed by atoms with Crippen LogP contribution in [0.1, 0.15) is 17.0 Å². The summed E-state index contributed by atoms with van der Waals surface area (Å²) in [5, 5.41) is 5.20. The first-order chi connectivity index (χ1) is 9.36. The number of rotatable bonds is 4. The Labute approximate surface area is 118 Å². The van der Waals surface area contributed by atoms with Crippen LogP contribution in [0.4, 0.5) is 0 Å². The Morgan fingerprint density at radius 1 is 1.20 bits per heavy atom. The van der Waals surface area contributed by atoms with Crippen LogP contribution in [0.15, 0.2) is 41.3 Å². The monoisotopic (exact) mass is 292 g/mol. The van der Waals surface area contributed by atoms with E-state index in [0.717, 1.165) is 17.0 Å². The molecule has 0 bridgehead atoms. The second-order valence-corrected chi connectivity index (χ2v) is 6.08. The van der Waals surface area contributed by atoms with Gasteiger partial charge in [0.25, 0.3) is 0 Å². The number of sulfonamides is 1. The Morgan fingerprint density at radius 2 is 1.95 bits per heavy atom. The minimum Gasteiger partial charge on any atom is -0.486 e. The van der Waals surface area contributed by atoms with Crippen molar-refractivity contribution in [1.82, 2.24) is 4.98 Å². The van der Waals surface area contributed by atoms with E-state index in [-0.39, 0.29) is 17.3 Å². The molecule has 106 valence electrons. The molecule has 0 amide bonds. The smallest absolute Gasteiger partial charge is 0.241 e. The highest BCUT2D eigenvalue weighted by Crippen LogP contribution is 2.24. The first-order valence-corrected chi connectivity index (χ1v) is 7.60. The zero-order chi connectivity index (χ0) is 14.8. The number of nitrogens with zero attached hydrogens (tertiary/aromatic N) is 1. The van der Waals surface area contributed by atoms with Crippen molar-refractivity contribution in [2.75, 3.05) is 0 Å². The van der Waals surface area contributed by atoms with Crippen molar-refractivity contribution < 1.29 is 13.2 Å². The summed E-state index contributed by atoms with van der Waals surface area (Å²) in [5.74, 6) is 0.237. The summed E-state index contributed by atoms with van der Waals surface area (Å²) in [4.78, 5) is 4.28. The lowest BCUT2D eigenvalue weighted by molar-refractivity contribution is 0.293. The molecular formula is C14H16N2O3S. The number of pyridine rings is 1. The van der Waals surface area contributed by atoms with Crippen LogP contribution in [0.25, 0.3) is 0 Å². The third kappa shape index (κ3) is 3.55. The maximum atomic E-state index is 11.6. The normalized spacial score (nSPS) is 11.3. The van der Waals surface area contributed by atoms with Crippen LogP contribution >= 0.6 is 0 Å². The Balaban J connectivity index is 2.26. The molecule has 0 radical (unpaired) electrons. The third-order valence-corrected chi connectivity index (χ3v) is 3.66. The highest BCUT2D eigenvalue weighted by atomic mass is 32.2. The average Bonchev–Trinajstić information content (AvgIpc) is 2.36. The van der Waals surface area contributed by atoms with Crippen molar-refractivity contribution in [2.45, 2.75) is 25.3 Å². The van der Waals surface area contributed by atoms with Crippen molar-refractivity contribution in [3.8, 4) is 5.75 Å². The van der Waals surface area contributed by atoms with Gasteiger partial charge < -0.3 is 4.74 Å². The lowest BCUT2D eigenvalue weighted by Gasteiger charge is -2.11. The van der Waals surface area contributed by atoms with E-state index in [2.05, 4.69) is 4.98 Å². The number of hydrogen-bond acceptors (Lipinski definition) is 4. The zero-order valence-electron chi connectivity index (χ0n) is 11.3. The van der Waals surface area contributed by atoms with Gasteiger partial charge >= 0.3 is 0 Å². The van der Waals surface area contributed by atoms with Crippen LogP contribution in [-0.4, -0.2) is 13.4 Å². The van der Waals surface area contributed by atoms with Gasteiger partial charge in [-0.3, -0.25) is 4.98 Å². The fourth-order valence-corrected chi connectivity index (χ4v) is 2.55. The fourth-order valence-electron chi connectivity index (χ4n) is 1.79. The summed E-state index contributed by atoms with van der Waals surface area (Å²) in [6.07, 6.45) is 0. The number of primary sulfonamides is 1. The van der Waals surface area contributed by atoms with Crippen LogP contribution in [0.3, 0.4) is 0 Å². The van der Waals surface area contributed by atoms with E-state index in [1.165, 1.54) is 6.07 Å². The van der Waals surface area contributed by atoms with Crippen LogP contribution in [0.2, 0.25) is 0 Å². The lowest BCUT2D eigenvalue weighted by Crippen LogP contribution is -2.14. The quantitative estimate of drug-likeness (QED) is 0.933. The van der Waals surface area contributed by atoms with Gasteiger partial charge in [0.15, 0.2) is 0 Å². The molecule has 0 aliphatic carbocycles. The molecule has 6 heteroatoms. The highest BCUT2D eigenvalue weighted by Gasteiger charge is 2.15. The van der Waals surface area contributed by atoms with E-state index in [9.17, 15) is 8.42 Å². The topological polar surface area (TPSA) is 82.3 Å². The third-order valence-electron chi connectivity index (χ3n) is 2.73. The molecule has 0 aliphatic heterocycles. The fraction of sp³-hybridized carbons (Fsp3) is 0.214. The number of aromatic nitrogens is 1. The van der Waals surface area contributed by atoms with E-state index in [1.54, 1.807) is 19.1 Å². The van der Waals surface area contributed by atoms with Gasteiger partial charge in [0.05, 0.1) is 5.69 Å². The summed E-state index contributed by atoms with van der Waals surface area (Å²) >= 11 is 0. The standard InChI is InChI=1S/C14H16N2O3S/c1-10-6-7-13(14(8-10)20(15,17)18)19-9-12-5-3-4-11(2)16-12/h3-8H,9H2,1-2H3,(H2,15,17,18). The average molecular weight is 292 g/mol. The van der Waals surface area contributed by atoms with E-state index in [4.69, 9.17) is 9.88 Å². The summed E-state index contributed by atoms with van der Waals surface area (Å²) in [6.45, 7) is 3.86. The van der Waals surface area contributed by atoms with Gasteiger partial charge in [0.2, 0.25) is 10.0 Å². The molecule has 0 fully saturated rings. The number of hydrogen-bond donors (Lipinski definition) is 1. The molecule has 5 nitrogen and oxygen atoms in total. The minimum atomic E-state index is -3.81. The molecule has 0 spiro atoms. The van der Waals surface area contributed by atoms with Crippen LogP contribution in [0, 0.1) is 13.8 Å². The summed E-state index contributed by atoms with van der Waals surface area (Å²) in [6, 6.07) is 10.4. The number of benzene rings is 1. The van der Waals surface area contributed by atoms with Gasteiger partial charge in [-0.2, -0.15) is 0 Å². The Hall–Kier alpha value is -1.92. The van der Waals surface area contributed by atoms with Crippen LogP contribution in [-0.2, 0) is 16.6 Å². The lowest BCUT2D eigenvalue weighted by atomic mass is 10.2. The molecule has 2 N–H and O–H groups in total. The second-order valence-electron chi connectivity index (χ2n) is 4.55. The molecule has 20 heavy (non-hydrogen) atoms. The van der Waals surface area contributed by atoms with E-state index in [1.807, 2.05) is 25.1 Å².